The summed E-state index contributed by atoms with van der Waals surface area (Å²) in [7, 11) is 0. The first-order chi connectivity index (χ1) is 10.2. The highest BCUT2D eigenvalue weighted by atomic mass is 35.5. The number of hydrogen-bond donors (Lipinski definition) is 1. The van der Waals surface area contributed by atoms with Crippen LogP contribution in [-0.2, 0) is 6.61 Å². The monoisotopic (exact) mass is 307 g/mol. The normalized spacial score (nSPS) is 14.9. The van der Waals surface area contributed by atoms with Gasteiger partial charge in [-0.15, -0.1) is 0 Å². The molecule has 2 aromatic carbocycles. The Morgan fingerprint density at radius 1 is 1.29 bits per heavy atom. The molecular formula is C15H11ClFNO3. The molecule has 0 unspecified atom stereocenters. The standard InChI is InChI=1S/C15H11ClFNO3/c16-10-1-4-13(17)9(5-10)7-20-11-2-3-12-14(18-19)8-21-15(12)6-11/h1-6,19H,7-8H2/b18-14-. The van der Waals surface area contributed by atoms with Crippen molar-refractivity contribution in [3.63, 3.8) is 0 Å². The number of halogens is 2. The first-order valence-electron chi connectivity index (χ1n) is 6.22. The fraction of sp³-hybridized carbons (Fsp3) is 0.133. The van der Waals surface area contributed by atoms with Crippen LogP contribution in [0.2, 0.25) is 5.02 Å². The molecule has 0 radical (unpaired) electrons. The number of ether oxygens (including phenoxy) is 2. The highest BCUT2D eigenvalue weighted by Gasteiger charge is 2.20. The van der Waals surface area contributed by atoms with E-state index in [2.05, 4.69) is 5.16 Å². The van der Waals surface area contributed by atoms with Crippen LogP contribution in [0, 0.1) is 5.82 Å². The largest absolute Gasteiger partial charge is 0.489 e. The van der Waals surface area contributed by atoms with E-state index in [1.165, 1.54) is 18.2 Å². The van der Waals surface area contributed by atoms with Gasteiger partial charge in [-0.3, -0.25) is 0 Å². The molecule has 0 fully saturated rings. The SMILES string of the molecule is O/N=C1/COc2cc(OCc3cc(Cl)ccc3F)ccc21. The summed E-state index contributed by atoms with van der Waals surface area (Å²) in [6, 6.07) is 9.44. The molecule has 0 bridgehead atoms. The van der Waals surface area contributed by atoms with E-state index < -0.39 is 0 Å². The van der Waals surface area contributed by atoms with E-state index in [1.807, 2.05) is 0 Å². The molecule has 1 heterocycles. The van der Waals surface area contributed by atoms with Crippen LogP contribution in [0.4, 0.5) is 4.39 Å². The third-order valence-electron chi connectivity index (χ3n) is 3.15. The lowest BCUT2D eigenvalue weighted by Crippen LogP contribution is -2.01. The lowest BCUT2D eigenvalue weighted by molar-refractivity contribution is 0.297. The zero-order valence-corrected chi connectivity index (χ0v) is 11.6. The summed E-state index contributed by atoms with van der Waals surface area (Å²) < 4.78 is 24.5. The van der Waals surface area contributed by atoms with Gasteiger partial charge in [-0.05, 0) is 30.3 Å². The first kappa shape index (κ1) is 13.7. The maximum Gasteiger partial charge on any atom is 0.134 e. The van der Waals surface area contributed by atoms with Crippen molar-refractivity contribution >= 4 is 17.3 Å². The molecule has 0 saturated heterocycles. The molecule has 6 heteroatoms. The predicted molar refractivity (Wildman–Crippen MR) is 76.0 cm³/mol. The average Bonchev–Trinajstić information content (AvgIpc) is 2.90. The maximum atomic E-state index is 13.6. The van der Waals surface area contributed by atoms with Crippen molar-refractivity contribution in [2.24, 2.45) is 5.16 Å². The van der Waals surface area contributed by atoms with Gasteiger partial charge in [-0.1, -0.05) is 16.8 Å². The van der Waals surface area contributed by atoms with Crippen molar-refractivity contribution < 1.29 is 19.1 Å². The highest BCUT2D eigenvalue weighted by Crippen LogP contribution is 2.30. The van der Waals surface area contributed by atoms with E-state index in [4.69, 9.17) is 26.3 Å². The van der Waals surface area contributed by atoms with Crippen molar-refractivity contribution in [1.82, 2.24) is 0 Å². The molecule has 3 rings (SSSR count). The predicted octanol–water partition coefficient (Wildman–Crippen LogP) is 3.63. The Labute approximate surface area is 125 Å². The Morgan fingerprint density at radius 3 is 2.95 bits per heavy atom. The Balaban J connectivity index is 1.76. The van der Waals surface area contributed by atoms with E-state index in [0.29, 0.717) is 27.8 Å². The highest BCUT2D eigenvalue weighted by molar-refractivity contribution is 6.30. The number of nitrogens with zero attached hydrogens (tertiary/aromatic N) is 1. The fourth-order valence-corrected chi connectivity index (χ4v) is 2.27. The molecule has 0 spiro atoms. The Bertz CT molecular complexity index is 718. The minimum Gasteiger partial charge on any atom is -0.489 e. The van der Waals surface area contributed by atoms with Crippen LogP contribution in [0.15, 0.2) is 41.6 Å². The molecular weight excluding hydrogens is 297 g/mol. The molecule has 0 atom stereocenters. The molecule has 1 aliphatic heterocycles. The fourth-order valence-electron chi connectivity index (χ4n) is 2.07. The zero-order chi connectivity index (χ0) is 14.8. The minimum absolute atomic E-state index is 0.0616. The number of benzene rings is 2. The van der Waals surface area contributed by atoms with E-state index >= 15 is 0 Å². The molecule has 0 saturated carbocycles. The van der Waals surface area contributed by atoms with Crippen molar-refractivity contribution in [3.05, 3.63) is 58.4 Å². The van der Waals surface area contributed by atoms with Crippen molar-refractivity contribution in [2.75, 3.05) is 6.61 Å². The smallest absolute Gasteiger partial charge is 0.134 e. The second kappa shape index (κ2) is 5.61. The van der Waals surface area contributed by atoms with Gasteiger partial charge < -0.3 is 14.7 Å². The van der Waals surface area contributed by atoms with Gasteiger partial charge in [0, 0.05) is 22.2 Å². The lowest BCUT2D eigenvalue weighted by atomic mass is 10.1. The van der Waals surface area contributed by atoms with Gasteiger partial charge >= 0.3 is 0 Å². The van der Waals surface area contributed by atoms with Gasteiger partial charge in [-0.25, -0.2) is 4.39 Å². The van der Waals surface area contributed by atoms with E-state index in [-0.39, 0.29) is 19.0 Å². The minimum atomic E-state index is -0.369. The van der Waals surface area contributed by atoms with Gasteiger partial charge in [0.2, 0.25) is 0 Å². The number of fused-ring (bicyclic) bond motifs is 1. The van der Waals surface area contributed by atoms with Crippen LogP contribution in [0.1, 0.15) is 11.1 Å². The summed E-state index contributed by atoms with van der Waals surface area (Å²) >= 11 is 5.83. The Hall–Kier alpha value is -2.27. The van der Waals surface area contributed by atoms with Crippen LogP contribution in [0.25, 0.3) is 0 Å². The number of hydrogen-bond acceptors (Lipinski definition) is 4. The van der Waals surface area contributed by atoms with Crippen LogP contribution in [0.5, 0.6) is 11.5 Å². The lowest BCUT2D eigenvalue weighted by Gasteiger charge is -2.08. The molecule has 2 aromatic rings. The van der Waals surface area contributed by atoms with Gasteiger partial charge in [0.1, 0.15) is 36.2 Å². The van der Waals surface area contributed by atoms with Crippen molar-refractivity contribution in [3.8, 4) is 11.5 Å². The van der Waals surface area contributed by atoms with Crippen LogP contribution < -0.4 is 9.47 Å². The third kappa shape index (κ3) is 2.78. The second-order valence-electron chi connectivity index (χ2n) is 4.52. The summed E-state index contributed by atoms with van der Waals surface area (Å²) in [6.45, 7) is 0.282. The third-order valence-corrected chi connectivity index (χ3v) is 3.39. The van der Waals surface area contributed by atoms with Crippen molar-refractivity contribution in [2.45, 2.75) is 6.61 Å². The number of rotatable bonds is 3. The first-order valence-corrected chi connectivity index (χ1v) is 6.60. The summed E-state index contributed by atoms with van der Waals surface area (Å²) in [5, 5.41) is 12.4. The molecule has 4 nitrogen and oxygen atoms in total. The average molecular weight is 308 g/mol. The van der Waals surface area contributed by atoms with Crippen LogP contribution in [-0.4, -0.2) is 17.5 Å². The Morgan fingerprint density at radius 2 is 2.14 bits per heavy atom. The molecule has 0 aromatic heterocycles. The molecule has 1 aliphatic rings. The van der Waals surface area contributed by atoms with Gasteiger partial charge in [0.15, 0.2) is 0 Å². The number of oxime groups is 1. The quantitative estimate of drug-likeness (QED) is 0.696. The molecule has 0 amide bonds. The van der Waals surface area contributed by atoms with E-state index in [1.54, 1.807) is 18.2 Å². The van der Waals surface area contributed by atoms with E-state index in [0.717, 1.165) is 5.56 Å². The molecule has 21 heavy (non-hydrogen) atoms. The van der Waals surface area contributed by atoms with Crippen molar-refractivity contribution in [1.29, 1.82) is 0 Å². The Kier molecular flexibility index (Phi) is 3.66. The van der Waals surface area contributed by atoms with Gasteiger partial charge in [0.05, 0.1) is 0 Å². The summed E-state index contributed by atoms with van der Waals surface area (Å²) in [6.07, 6.45) is 0. The maximum absolute atomic E-state index is 13.6. The molecule has 108 valence electrons. The molecule has 1 N–H and O–H groups in total. The van der Waals surface area contributed by atoms with Crippen LogP contribution in [0.3, 0.4) is 0 Å². The summed E-state index contributed by atoms with van der Waals surface area (Å²) in [4.78, 5) is 0. The van der Waals surface area contributed by atoms with E-state index in [9.17, 15) is 4.39 Å². The van der Waals surface area contributed by atoms with Gasteiger partial charge in [0.25, 0.3) is 0 Å². The topological polar surface area (TPSA) is 51.1 Å². The van der Waals surface area contributed by atoms with Gasteiger partial charge in [-0.2, -0.15) is 0 Å². The molecule has 0 aliphatic carbocycles. The second-order valence-corrected chi connectivity index (χ2v) is 4.95. The summed E-state index contributed by atoms with van der Waals surface area (Å²) in [5.41, 5.74) is 1.57. The zero-order valence-electron chi connectivity index (χ0n) is 10.8. The summed E-state index contributed by atoms with van der Waals surface area (Å²) in [5.74, 6) is 0.741. The van der Waals surface area contributed by atoms with Crippen LogP contribution >= 0.6 is 11.6 Å².